The predicted octanol–water partition coefficient (Wildman–Crippen LogP) is 3.47. The summed E-state index contributed by atoms with van der Waals surface area (Å²) in [5, 5.41) is 18.5. The summed E-state index contributed by atoms with van der Waals surface area (Å²) in [6, 6.07) is 13.6. The summed E-state index contributed by atoms with van der Waals surface area (Å²) in [7, 11) is 0. The highest BCUT2D eigenvalue weighted by Crippen LogP contribution is 2.30. The van der Waals surface area contributed by atoms with Crippen LogP contribution in [0, 0.1) is 6.92 Å². The van der Waals surface area contributed by atoms with Crippen molar-refractivity contribution in [2.24, 2.45) is 0 Å². The predicted molar refractivity (Wildman–Crippen MR) is 98.0 cm³/mol. The van der Waals surface area contributed by atoms with E-state index in [0.717, 1.165) is 36.3 Å². The molecular formula is C19H20N4O3. The molecule has 1 amide bonds. The van der Waals surface area contributed by atoms with Gasteiger partial charge < -0.3 is 14.9 Å². The number of benzene rings is 1. The third-order valence-electron chi connectivity index (χ3n) is 3.92. The van der Waals surface area contributed by atoms with Crippen LogP contribution in [0.2, 0.25) is 0 Å². The molecular weight excluding hydrogens is 332 g/mol. The summed E-state index contributed by atoms with van der Waals surface area (Å²) in [6.45, 7) is 3.27. The average molecular weight is 352 g/mol. The van der Waals surface area contributed by atoms with Crippen LogP contribution in [0.5, 0.6) is 0 Å². The van der Waals surface area contributed by atoms with E-state index in [1.165, 1.54) is 0 Å². The lowest BCUT2D eigenvalue weighted by atomic mass is 10.1. The van der Waals surface area contributed by atoms with E-state index in [4.69, 9.17) is 9.63 Å². The number of nitrogens with zero attached hydrogens (tertiary/aromatic N) is 2. The zero-order valence-corrected chi connectivity index (χ0v) is 14.4. The van der Waals surface area contributed by atoms with Crippen LogP contribution in [0.3, 0.4) is 0 Å². The van der Waals surface area contributed by atoms with Gasteiger partial charge in [-0.25, -0.2) is 4.79 Å². The van der Waals surface area contributed by atoms with Gasteiger partial charge in [0.25, 0.3) is 0 Å². The van der Waals surface area contributed by atoms with E-state index >= 15 is 0 Å². The maximum absolute atomic E-state index is 10.9. The molecule has 7 heteroatoms. The molecule has 0 saturated heterocycles. The number of hydrogen-bond acceptors (Lipinski definition) is 5. The van der Waals surface area contributed by atoms with E-state index < -0.39 is 6.09 Å². The zero-order chi connectivity index (χ0) is 18.4. The lowest BCUT2D eigenvalue weighted by Crippen LogP contribution is -2.17. The Bertz CT molecular complexity index is 860. The Balaban J connectivity index is 1.58. The van der Waals surface area contributed by atoms with Gasteiger partial charge in [-0.2, -0.15) is 0 Å². The monoisotopic (exact) mass is 352 g/mol. The summed E-state index contributed by atoms with van der Waals surface area (Å²) in [6.07, 6.45) is 1.53. The van der Waals surface area contributed by atoms with E-state index in [1.807, 2.05) is 42.5 Å². The van der Waals surface area contributed by atoms with Gasteiger partial charge in [-0.1, -0.05) is 35.5 Å². The molecule has 0 saturated carbocycles. The molecule has 0 aliphatic carbocycles. The van der Waals surface area contributed by atoms with Crippen LogP contribution in [0.15, 0.2) is 53.2 Å². The third kappa shape index (κ3) is 4.46. The van der Waals surface area contributed by atoms with Crippen molar-refractivity contribution in [1.29, 1.82) is 0 Å². The number of aryl methyl sites for hydroxylation is 1. The Kier molecular flexibility index (Phi) is 5.60. The topological polar surface area (TPSA) is 100 Å². The Hall–Kier alpha value is -3.19. The van der Waals surface area contributed by atoms with E-state index in [0.29, 0.717) is 17.1 Å². The number of anilines is 1. The summed E-state index contributed by atoms with van der Waals surface area (Å²) in [4.78, 5) is 15.2. The molecule has 26 heavy (non-hydrogen) atoms. The molecule has 0 aliphatic rings. The number of nitrogens with one attached hydrogen (secondary N) is 2. The van der Waals surface area contributed by atoms with Gasteiger partial charge in [-0.15, -0.1) is 0 Å². The van der Waals surface area contributed by atoms with E-state index in [2.05, 4.69) is 20.8 Å². The van der Waals surface area contributed by atoms with Crippen LogP contribution in [0.25, 0.3) is 11.3 Å². The van der Waals surface area contributed by atoms with Gasteiger partial charge in [0.15, 0.2) is 5.76 Å². The molecule has 3 N–H and O–H groups in total. The van der Waals surface area contributed by atoms with Gasteiger partial charge in [0.2, 0.25) is 0 Å². The SMILES string of the molecule is Cc1noc(-c2ccc(CNCCc3ccccn3)cc2)c1NC(=O)O. The molecule has 1 aromatic carbocycles. The molecule has 2 heterocycles. The number of hydrogen-bond donors (Lipinski definition) is 3. The number of amides is 1. The summed E-state index contributed by atoms with van der Waals surface area (Å²) in [5.74, 6) is 0.416. The van der Waals surface area contributed by atoms with E-state index in [9.17, 15) is 4.79 Å². The second-order valence-electron chi connectivity index (χ2n) is 5.85. The second-order valence-corrected chi connectivity index (χ2v) is 5.85. The molecule has 7 nitrogen and oxygen atoms in total. The molecule has 3 rings (SSSR count). The van der Waals surface area contributed by atoms with E-state index in [1.54, 1.807) is 13.1 Å². The maximum atomic E-state index is 10.9. The lowest BCUT2D eigenvalue weighted by Gasteiger charge is -2.06. The maximum Gasteiger partial charge on any atom is 0.409 e. The molecule has 3 aromatic rings. The van der Waals surface area contributed by atoms with Crippen LogP contribution >= 0.6 is 0 Å². The molecule has 0 radical (unpaired) electrons. The Morgan fingerprint density at radius 3 is 2.69 bits per heavy atom. The average Bonchev–Trinajstić information content (AvgIpc) is 3.00. The second kappa shape index (κ2) is 8.26. The Morgan fingerprint density at radius 1 is 1.19 bits per heavy atom. The van der Waals surface area contributed by atoms with E-state index in [-0.39, 0.29) is 0 Å². The molecule has 134 valence electrons. The minimum Gasteiger partial charge on any atom is -0.465 e. The normalized spacial score (nSPS) is 10.7. The van der Waals surface area contributed by atoms with Gasteiger partial charge in [0.05, 0.1) is 0 Å². The Morgan fingerprint density at radius 2 is 2.00 bits per heavy atom. The van der Waals surface area contributed by atoms with Gasteiger partial charge in [-0.3, -0.25) is 10.3 Å². The fourth-order valence-electron chi connectivity index (χ4n) is 2.59. The highest BCUT2D eigenvalue weighted by Gasteiger charge is 2.16. The first-order chi connectivity index (χ1) is 12.6. The van der Waals surface area contributed by atoms with Crippen LogP contribution in [0.1, 0.15) is 17.0 Å². The summed E-state index contributed by atoms with van der Waals surface area (Å²) < 4.78 is 5.27. The first-order valence-electron chi connectivity index (χ1n) is 8.29. The number of aromatic nitrogens is 2. The van der Waals surface area contributed by atoms with Crippen molar-refractivity contribution in [3.63, 3.8) is 0 Å². The minimum absolute atomic E-state index is 0.374. The van der Waals surface area contributed by atoms with Crippen LogP contribution in [-0.2, 0) is 13.0 Å². The first kappa shape index (κ1) is 17.6. The first-order valence-corrected chi connectivity index (χ1v) is 8.29. The van der Waals surface area contributed by atoms with Gasteiger partial charge >= 0.3 is 6.09 Å². The summed E-state index contributed by atoms with van der Waals surface area (Å²) in [5.41, 5.74) is 3.83. The van der Waals surface area contributed by atoms with Crippen molar-refractivity contribution in [3.05, 3.63) is 65.6 Å². The van der Waals surface area contributed by atoms with Crippen molar-refractivity contribution in [3.8, 4) is 11.3 Å². The standard InChI is InChI=1S/C19H20N4O3/c1-13-17(22-19(24)25)18(26-23-13)15-7-5-14(6-8-15)12-20-11-9-16-4-2-3-10-21-16/h2-8,10,20,22H,9,11-12H2,1H3,(H,24,25). The smallest absolute Gasteiger partial charge is 0.409 e. The highest BCUT2D eigenvalue weighted by atomic mass is 16.5. The molecule has 0 spiro atoms. The molecule has 0 aliphatic heterocycles. The number of carbonyl (C=O) groups is 1. The van der Waals surface area contributed by atoms with Crippen molar-refractivity contribution >= 4 is 11.8 Å². The quantitative estimate of drug-likeness (QED) is 0.563. The minimum atomic E-state index is -1.15. The molecule has 0 unspecified atom stereocenters. The fraction of sp³-hybridized carbons (Fsp3) is 0.211. The van der Waals surface area contributed by atoms with Gasteiger partial charge in [-0.05, 0) is 24.6 Å². The van der Waals surface area contributed by atoms with Crippen molar-refractivity contribution < 1.29 is 14.4 Å². The van der Waals surface area contributed by atoms with Crippen LogP contribution in [0.4, 0.5) is 10.5 Å². The lowest BCUT2D eigenvalue weighted by molar-refractivity contribution is 0.209. The molecule has 2 aromatic heterocycles. The van der Waals surface area contributed by atoms with Crippen molar-refractivity contribution in [2.75, 3.05) is 11.9 Å². The van der Waals surface area contributed by atoms with Gasteiger partial charge in [0.1, 0.15) is 11.4 Å². The Labute approximate surface area is 151 Å². The van der Waals surface area contributed by atoms with Crippen LogP contribution in [-0.4, -0.2) is 27.9 Å². The number of pyridine rings is 1. The van der Waals surface area contributed by atoms with Gasteiger partial charge in [0, 0.05) is 37.0 Å². The summed E-state index contributed by atoms with van der Waals surface area (Å²) >= 11 is 0. The largest absolute Gasteiger partial charge is 0.465 e. The fourth-order valence-corrected chi connectivity index (χ4v) is 2.59. The molecule has 0 bridgehead atoms. The number of rotatable bonds is 7. The number of carboxylic acid groups (broad SMARTS) is 1. The van der Waals surface area contributed by atoms with Crippen molar-refractivity contribution in [2.45, 2.75) is 19.9 Å². The van der Waals surface area contributed by atoms with Crippen LogP contribution < -0.4 is 10.6 Å². The molecule has 0 atom stereocenters. The third-order valence-corrected chi connectivity index (χ3v) is 3.92. The zero-order valence-electron chi connectivity index (χ0n) is 14.4. The van der Waals surface area contributed by atoms with Crippen molar-refractivity contribution in [1.82, 2.24) is 15.5 Å². The highest BCUT2D eigenvalue weighted by molar-refractivity contribution is 5.89. The molecule has 0 fully saturated rings.